The molecule has 1 aliphatic heterocycles. The van der Waals surface area contributed by atoms with E-state index in [1.54, 1.807) is 17.7 Å². The molecule has 0 spiro atoms. The molecule has 2 atom stereocenters. The van der Waals surface area contributed by atoms with E-state index in [1.807, 2.05) is 0 Å². The number of fused-ring (bicyclic) bond motifs is 1. The molecule has 96 valence electrons. The van der Waals surface area contributed by atoms with Gasteiger partial charge in [0, 0.05) is 18.6 Å². The zero-order chi connectivity index (χ0) is 12.7. The second kappa shape index (κ2) is 4.48. The maximum absolute atomic E-state index is 6.03. The Hall–Kier alpha value is -1.20. The molecular weight excluding hydrogens is 244 g/mol. The van der Waals surface area contributed by atoms with Crippen molar-refractivity contribution < 1.29 is 0 Å². The summed E-state index contributed by atoms with van der Waals surface area (Å²) in [6.45, 7) is 5.32. The third-order valence-electron chi connectivity index (χ3n) is 3.70. The molecule has 0 amide bonds. The highest BCUT2D eigenvalue weighted by Crippen LogP contribution is 2.33. The number of piperidine rings is 1. The summed E-state index contributed by atoms with van der Waals surface area (Å²) < 4.78 is 1.21. The normalized spacial score (nSPS) is 24.7. The first kappa shape index (κ1) is 11.9. The number of rotatable bonds is 1. The Morgan fingerprint density at radius 2 is 2.28 bits per heavy atom. The maximum atomic E-state index is 6.03. The van der Waals surface area contributed by atoms with Crippen LogP contribution in [0.5, 0.6) is 0 Å². The van der Waals surface area contributed by atoms with Gasteiger partial charge in [0.15, 0.2) is 0 Å². The number of nitrogens with zero attached hydrogens (tertiary/aromatic N) is 3. The molecule has 2 unspecified atom stereocenters. The van der Waals surface area contributed by atoms with E-state index >= 15 is 0 Å². The van der Waals surface area contributed by atoms with Gasteiger partial charge in [-0.15, -0.1) is 11.3 Å². The minimum Gasteiger partial charge on any atom is -0.353 e. The van der Waals surface area contributed by atoms with Gasteiger partial charge in [0.05, 0.1) is 10.2 Å². The minimum atomic E-state index is 0.332. The van der Waals surface area contributed by atoms with Crippen molar-refractivity contribution in [1.82, 2.24) is 9.97 Å². The number of aromatic nitrogens is 2. The summed E-state index contributed by atoms with van der Waals surface area (Å²) in [6, 6.07) is 0.785. The SMILES string of the molecule is Cc1csc2c(N3CCC(N)CC3C)ncnc12. The molecule has 4 nitrogen and oxygen atoms in total. The van der Waals surface area contributed by atoms with Gasteiger partial charge >= 0.3 is 0 Å². The van der Waals surface area contributed by atoms with Crippen molar-refractivity contribution in [3.63, 3.8) is 0 Å². The average molecular weight is 262 g/mol. The molecular formula is C13H18N4S. The second-order valence-corrected chi connectivity index (χ2v) is 6.00. The number of thiophene rings is 1. The zero-order valence-electron chi connectivity index (χ0n) is 10.8. The lowest BCUT2D eigenvalue weighted by Crippen LogP contribution is -2.46. The minimum absolute atomic E-state index is 0.332. The molecule has 5 heteroatoms. The molecule has 1 fully saturated rings. The van der Waals surface area contributed by atoms with Crippen molar-refractivity contribution in [2.24, 2.45) is 5.73 Å². The van der Waals surface area contributed by atoms with E-state index in [9.17, 15) is 0 Å². The highest BCUT2D eigenvalue weighted by atomic mass is 32.1. The number of nitrogens with two attached hydrogens (primary N) is 1. The van der Waals surface area contributed by atoms with Gasteiger partial charge < -0.3 is 10.6 Å². The maximum Gasteiger partial charge on any atom is 0.150 e. The van der Waals surface area contributed by atoms with Crippen LogP contribution in [-0.4, -0.2) is 28.6 Å². The lowest BCUT2D eigenvalue weighted by atomic mass is 9.99. The third kappa shape index (κ3) is 1.87. The highest BCUT2D eigenvalue weighted by Gasteiger charge is 2.26. The molecule has 3 rings (SSSR count). The smallest absolute Gasteiger partial charge is 0.150 e. The summed E-state index contributed by atoms with van der Waals surface area (Å²) in [7, 11) is 0. The monoisotopic (exact) mass is 262 g/mol. The Kier molecular flexibility index (Phi) is 2.95. The van der Waals surface area contributed by atoms with Crippen LogP contribution in [0, 0.1) is 6.92 Å². The predicted octanol–water partition coefficient (Wildman–Crippen LogP) is 2.32. The molecule has 0 saturated carbocycles. The van der Waals surface area contributed by atoms with E-state index in [1.165, 1.54) is 10.3 Å². The molecule has 2 aromatic rings. The fraction of sp³-hybridized carbons (Fsp3) is 0.538. The van der Waals surface area contributed by atoms with Gasteiger partial charge in [0.25, 0.3) is 0 Å². The van der Waals surface area contributed by atoms with Gasteiger partial charge in [-0.05, 0) is 37.6 Å². The highest BCUT2D eigenvalue weighted by molar-refractivity contribution is 7.18. The zero-order valence-corrected chi connectivity index (χ0v) is 11.6. The van der Waals surface area contributed by atoms with E-state index in [2.05, 4.69) is 34.1 Å². The van der Waals surface area contributed by atoms with E-state index in [0.29, 0.717) is 12.1 Å². The van der Waals surface area contributed by atoms with Crippen LogP contribution in [0.25, 0.3) is 10.2 Å². The van der Waals surface area contributed by atoms with Crippen LogP contribution in [0.4, 0.5) is 5.82 Å². The first-order valence-electron chi connectivity index (χ1n) is 6.38. The molecule has 2 N–H and O–H groups in total. The Bertz CT molecular complexity index is 565. The first-order chi connectivity index (χ1) is 8.66. The number of hydrogen-bond acceptors (Lipinski definition) is 5. The Labute approximate surface area is 111 Å². The van der Waals surface area contributed by atoms with Crippen LogP contribution in [0.1, 0.15) is 25.3 Å². The standard InChI is InChI=1S/C13H18N4S/c1-8-6-18-12-11(8)15-7-16-13(12)17-4-3-10(14)5-9(17)2/h6-7,9-10H,3-5,14H2,1-2H3. The van der Waals surface area contributed by atoms with Gasteiger partial charge in [-0.2, -0.15) is 0 Å². The summed E-state index contributed by atoms with van der Waals surface area (Å²) in [5.41, 5.74) is 8.35. The van der Waals surface area contributed by atoms with Gasteiger partial charge in [0.2, 0.25) is 0 Å². The van der Waals surface area contributed by atoms with Gasteiger partial charge in [-0.25, -0.2) is 9.97 Å². The van der Waals surface area contributed by atoms with Gasteiger partial charge in [-0.1, -0.05) is 0 Å². The molecule has 0 bridgehead atoms. The largest absolute Gasteiger partial charge is 0.353 e. The van der Waals surface area contributed by atoms with Crippen molar-refractivity contribution in [3.8, 4) is 0 Å². The van der Waals surface area contributed by atoms with Crippen LogP contribution in [0.15, 0.2) is 11.7 Å². The van der Waals surface area contributed by atoms with Crippen molar-refractivity contribution in [1.29, 1.82) is 0 Å². The Morgan fingerprint density at radius 1 is 1.44 bits per heavy atom. The Balaban J connectivity index is 2.04. The molecule has 0 radical (unpaired) electrons. The molecule has 18 heavy (non-hydrogen) atoms. The number of anilines is 1. The third-order valence-corrected chi connectivity index (χ3v) is 4.78. The molecule has 1 saturated heterocycles. The van der Waals surface area contributed by atoms with Crippen LogP contribution < -0.4 is 10.6 Å². The van der Waals surface area contributed by atoms with Crippen LogP contribution >= 0.6 is 11.3 Å². The number of hydrogen-bond donors (Lipinski definition) is 1. The van der Waals surface area contributed by atoms with Crippen LogP contribution in [-0.2, 0) is 0 Å². The van der Waals surface area contributed by atoms with E-state index in [4.69, 9.17) is 5.73 Å². The molecule has 1 aliphatic rings. The van der Waals surface area contributed by atoms with Crippen molar-refractivity contribution in [2.45, 2.75) is 38.8 Å². The summed E-state index contributed by atoms with van der Waals surface area (Å²) in [4.78, 5) is 11.3. The molecule has 3 heterocycles. The van der Waals surface area contributed by atoms with Gasteiger partial charge in [0.1, 0.15) is 12.1 Å². The fourth-order valence-corrected chi connectivity index (χ4v) is 3.69. The summed E-state index contributed by atoms with van der Waals surface area (Å²) >= 11 is 1.74. The Morgan fingerprint density at radius 3 is 3.06 bits per heavy atom. The van der Waals surface area contributed by atoms with Crippen molar-refractivity contribution in [2.75, 3.05) is 11.4 Å². The van der Waals surface area contributed by atoms with Crippen molar-refractivity contribution >= 4 is 27.4 Å². The first-order valence-corrected chi connectivity index (χ1v) is 7.26. The lowest BCUT2D eigenvalue weighted by Gasteiger charge is -2.37. The van der Waals surface area contributed by atoms with Crippen molar-refractivity contribution in [3.05, 3.63) is 17.3 Å². The topological polar surface area (TPSA) is 55.0 Å². The van der Waals surface area contributed by atoms with E-state index in [0.717, 1.165) is 30.7 Å². The lowest BCUT2D eigenvalue weighted by molar-refractivity contribution is 0.428. The quantitative estimate of drug-likeness (QED) is 0.857. The summed E-state index contributed by atoms with van der Waals surface area (Å²) in [5.74, 6) is 1.08. The molecule has 2 aromatic heterocycles. The van der Waals surface area contributed by atoms with Gasteiger partial charge in [-0.3, -0.25) is 0 Å². The average Bonchev–Trinajstić information content (AvgIpc) is 2.72. The predicted molar refractivity (Wildman–Crippen MR) is 76.2 cm³/mol. The molecule has 0 aliphatic carbocycles. The van der Waals surface area contributed by atoms with Crippen LogP contribution in [0.2, 0.25) is 0 Å². The van der Waals surface area contributed by atoms with E-state index in [-0.39, 0.29) is 0 Å². The van der Waals surface area contributed by atoms with Crippen LogP contribution in [0.3, 0.4) is 0 Å². The number of aryl methyl sites for hydroxylation is 1. The fourth-order valence-electron chi connectivity index (χ4n) is 2.68. The van der Waals surface area contributed by atoms with E-state index < -0.39 is 0 Å². The summed E-state index contributed by atoms with van der Waals surface area (Å²) in [6.07, 6.45) is 3.76. The molecule has 0 aromatic carbocycles. The summed E-state index contributed by atoms with van der Waals surface area (Å²) in [5, 5.41) is 2.16. The second-order valence-electron chi connectivity index (χ2n) is 5.12.